The van der Waals surface area contributed by atoms with Gasteiger partial charge in [-0.3, -0.25) is 9.36 Å². The predicted octanol–water partition coefficient (Wildman–Crippen LogP) is 17.2. The van der Waals surface area contributed by atoms with Crippen molar-refractivity contribution in [2.75, 3.05) is 40.9 Å². The lowest BCUT2D eigenvalue weighted by Crippen LogP contribution is -2.45. The lowest BCUT2D eigenvalue weighted by atomic mass is 10.0. The van der Waals surface area contributed by atoms with Crippen molar-refractivity contribution in [1.82, 2.24) is 5.32 Å². The highest BCUT2D eigenvalue weighted by atomic mass is 31.2. The van der Waals surface area contributed by atoms with Gasteiger partial charge in [0.25, 0.3) is 7.82 Å². The van der Waals surface area contributed by atoms with Gasteiger partial charge in [-0.25, -0.2) is 0 Å². The Morgan fingerprint density at radius 2 is 0.843 bits per heavy atom. The minimum atomic E-state index is -4.62. The third kappa shape index (κ3) is 53.7. The van der Waals surface area contributed by atoms with Crippen LogP contribution in [0.4, 0.5) is 0 Å². The van der Waals surface area contributed by atoms with Crippen LogP contribution in [0.15, 0.2) is 72.9 Å². The van der Waals surface area contributed by atoms with Crippen molar-refractivity contribution in [2.45, 2.75) is 270 Å². The SMILES string of the molecule is CCCCCCC/C=C\C/C=C\C/C=C\CCCCCCCCCCC(=O)NC(COP(=O)([O-])OCC[N+](C)(C)C)C(O)/C=C/CC/C=C/CC/C=C/CCCCCCCCCCCCCCCCC. The molecular formula is C61H113N2O6P. The average molecular weight is 1000 g/mol. The molecule has 0 rings (SSSR count). The molecule has 0 aromatic carbocycles. The van der Waals surface area contributed by atoms with E-state index in [-0.39, 0.29) is 12.5 Å². The van der Waals surface area contributed by atoms with Gasteiger partial charge in [0.2, 0.25) is 5.91 Å². The van der Waals surface area contributed by atoms with Crippen LogP contribution in [0.5, 0.6) is 0 Å². The highest BCUT2D eigenvalue weighted by molar-refractivity contribution is 7.45. The zero-order valence-electron chi connectivity index (χ0n) is 46.5. The Kier molecular flexibility index (Phi) is 50.3. The number of amides is 1. The van der Waals surface area contributed by atoms with Crippen LogP contribution in [0, 0.1) is 0 Å². The van der Waals surface area contributed by atoms with Gasteiger partial charge in [0, 0.05) is 6.42 Å². The van der Waals surface area contributed by atoms with Crippen molar-refractivity contribution in [3.63, 3.8) is 0 Å². The molecule has 0 aliphatic rings. The molecule has 9 heteroatoms. The van der Waals surface area contributed by atoms with Crippen LogP contribution in [0.3, 0.4) is 0 Å². The number of phosphoric ester groups is 1. The molecule has 0 aromatic rings. The molecule has 0 fully saturated rings. The molecule has 0 spiro atoms. The van der Waals surface area contributed by atoms with E-state index in [0.717, 1.165) is 70.6 Å². The van der Waals surface area contributed by atoms with E-state index < -0.39 is 26.6 Å². The number of unbranched alkanes of at least 4 members (excludes halogenated alkanes) is 30. The lowest BCUT2D eigenvalue weighted by molar-refractivity contribution is -0.870. The number of carbonyl (C=O) groups is 1. The molecule has 2 N–H and O–H groups in total. The summed E-state index contributed by atoms with van der Waals surface area (Å²) >= 11 is 0. The number of aliphatic hydroxyl groups excluding tert-OH is 1. The lowest BCUT2D eigenvalue weighted by Gasteiger charge is -2.29. The number of nitrogens with zero attached hydrogens (tertiary/aromatic N) is 1. The summed E-state index contributed by atoms with van der Waals surface area (Å²) in [5.41, 5.74) is 0. The van der Waals surface area contributed by atoms with E-state index in [2.05, 4.69) is 79.9 Å². The monoisotopic (exact) mass is 1000 g/mol. The van der Waals surface area contributed by atoms with Crippen molar-refractivity contribution in [3.05, 3.63) is 72.9 Å². The quantitative estimate of drug-likeness (QED) is 0.0272. The first-order valence-electron chi connectivity index (χ1n) is 29.3. The second-order valence-electron chi connectivity index (χ2n) is 21.0. The first-order valence-corrected chi connectivity index (χ1v) is 30.8. The highest BCUT2D eigenvalue weighted by Crippen LogP contribution is 2.38. The summed E-state index contributed by atoms with van der Waals surface area (Å²) in [5, 5.41) is 13.9. The van der Waals surface area contributed by atoms with E-state index in [0.29, 0.717) is 17.4 Å². The minimum absolute atomic E-state index is 0.0134. The number of hydrogen-bond acceptors (Lipinski definition) is 6. The normalized spacial score (nSPS) is 14.4. The van der Waals surface area contributed by atoms with Gasteiger partial charge in [-0.2, -0.15) is 0 Å². The second kappa shape index (κ2) is 51.8. The number of aliphatic hydroxyl groups is 1. The second-order valence-corrected chi connectivity index (χ2v) is 22.4. The summed E-state index contributed by atoms with van der Waals surface area (Å²) in [4.78, 5) is 25.5. The molecule has 1 amide bonds. The molecule has 8 nitrogen and oxygen atoms in total. The van der Waals surface area contributed by atoms with Crippen LogP contribution in [-0.4, -0.2) is 68.5 Å². The number of likely N-dealkylation sites (N-methyl/N-ethyl adjacent to an activating group) is 1. The number of rotatable bonds is 53. The number of hydrogen-bond donors (Lipinski definition) is 2. The maximum atomic E-state index is 13.0. The summed E-state index contributed by atoms with van der Waals surface area (Å²) in [6.07, 6.45) is 71.2. The molecule has 0 saturated carbocycles. The fourth-order valence-electron chi connectivity index (χ4n) is 8.25. The van der Waals surface area contributed by atoms with Gasteiger partial charge in [-0.05, 0) is 83.5 Å². The fraction of sp³-hybridized carbons (Fsp3) is 0.787. The number of phosphoric acid groups is 1. The van der Waals surface area contributed by atoms with E-state index in [1.165, 1.54) is 167 Å². The van der Waals surface area contributed by atoms with E-state index in [9.17, 15) is 19.4 Å². The molecule has 70 heavy (non-hydrogen) atoms. The summed E-state index contributed by atoms with van der Waals surface area (Å²) in [5.74, 6) is -0.219. The molecule has 0 aromatic heterocycles. The van der Waals surface area contributed by atoms with Gasteiger partial charge in [0.15, 0.2) is 0 Å². The van der Waals surface area contributed by atoms with Crippen LogP contribution in [0.25, 0.3) is 0 Å². The predicted molar refractivity (Wildman–Crippen MR) is 302 cm³/mol. The van der Waals surface area contributed by atoms with Crippen LogP contribution in [-0.2, 0) is 18.4 Å². The molecule has 408 valence electrons. The van der Waals surface area contributed by atoms with Crippen LogP contribution < -0.4 is 10.2 Å². The number of quaternary nitrogens is 1. The molecule has 0 heterocycles. The van der Waals surface area contributed by atoms with Gasteiger partial charge in [-0.15, -0.1) is 0 Å². The molecule has 0 aliphatic carbocycles. The third-order valence-electron chi connectivity index (χ3n) is 12.9. The maximum Gasteiger partial charge on any atom is 0.268 e. The first kappa shape index (κ1) is 67.9. The standard InChI is InChI=1S/C61H113N2O6P/c1-6-8-10-12-14-16-18-20-22-24-26-28-30-31-33-34-36-38-40-42-44-46-48-50-52-54-60(64)59(58-69-70(66,67)68-57-56-63(3,4)5)62-61(65)55-53-51-49-47-45-43-41-39-37-35-32-29-27-25-23-21-19-17-15-13-11-9-7-2/h19,21,25,27,32,35-36,38,44,46,52,54,59-60,64H,6-18,20,22-24,26,28-31,33-34,37,39-43,45,47-51,53,55-58H2,1-5H3,(H-,62,65,66,67)/b21-19-,27-25-,35-32-,38-36+,46-44+,54-52+. The van der Waals surface area contributed by atoms with Gasteiger partial charge in [0.1, 0.15) is 13.2 Å². The van der Waals surface area contributed by atoms with Crippen LogP contribution in [0.2, 0.25) is 0 Å². The minimum Gasteiger partial charge on any atom is -0.756 e. The number of allylic oxidation sites excluding steroid dienone is 11. The van der Waals surface area contributed by atoms with Crippen molar-refractivity contribution in [3.8, 4) is 0 Å². The summed E-state index contributed by atoms with van der Waals surface area (Å²) in [6, 6.07) is -0.919. The van der Waals surface area contributed by atoms with Gasteiger partial charge >= 0.3 is 0 Å². The summed E-state index contributed by atoms with van der Waals surface area (Å²) < 4.78 is 23.3. The van der Waals surface area contributed by atoms with Gasteiger partial charge < -0.3 is 28.8 Å². The Morgan fingerprint density at radius 3 is 1.26 bits per heavy atom. The zero-order valence-corrected chi connectivity index (χ0v) is 47.4. The average Bonchev–Trinajstić information content (AvgIpc) is 3.32. The fourth-order valence-corrected chi connectivity index (χ4v) is 8.97. The van der Waals surface area contributed by atoms with E-state index >= 15 is 0 Å². The summed E-state index contributed by atoms with van der Waals surface area (Å²) in [6.45, 7) is 4.62. The van der Waals surface area contributed by atoms with Gasteiger partial charge in [0.05, 0.1) is 39.9 Å². The number of carbonyl (C=O) groups excluding carboxylic acids is 1. The molecule has 0 saturated heterocycles. The van der Waals surface area contributed by atoms with Crippen molar-refractivity contribution in [1.29, 1.82) is 0 Å². The molecule has 0 bridgehead atoms. The highest BCUT2D eigenvalue weighted by Gasteiger charge is 2.23. The largest absolute Gasteiger partial charge is 0.756 e. The Hall–Kier alpha value is -2.06. The van der Waals surface area contributed by atoms with Crippen LogP contribution in [0.1, 0.15) is 258 Å². The Bertz CT molecular complexity index is 1370. The molecule has 3 unspecified atom stereocenters. The Balaban J connectivity index is 4.32. The Labute approximate surface area is 434 Å². The van der Waals surface area contributed by atoms with Gasteiger partial charge in [-0.1, -0.05) is 241 Å². The van der Waals surface area contributed by atoms with E-state index in [4.69, 9.17) is 9.05 Å². The smallest absolute Gasteiger partial charge is 0.268 e. The van der Waals surface area contributed by atoms with Crippen molar-refractivity contribution < 1.29 is 32.9 Å². The van der Waals surface area contributed by atoms with Crippen molar-refractivity contribution in [2.24, 2.45) is 0 Å². The molecular weight excluding hydrogens is 888 g/mol. The Morgan fingerprint density at radius 1 is 0.500 bits per heavy atom. The third-order valence-corrected chi connectivity index (χ3v) is 13.8. The molecule has 0 radical (unpaired) electrons. The zero-order chi connectivity index (χ0) is 51.3. The topological polar surface area (TPSA) is 108 Å². The van der Waals surface area contributed by atoms with Crippen LogP contribution >= 0.6 is 7.82 Å². The summed E-state index contributed by atoms with van der Waals surface area (Å²) in [7, 11) is 1.23. The first-order chi connectivity index (χ1) is 34.0. The van der Waals surface area contributed by atoms with E-state index in [1.807, 2.05) is 27.2 Å². The maximum absolute atomic E-state index is 13.0. The number of nitrogens with one attached hydrogen (secondary N) is 1. The molecule has 0 aliphatic heterocycles. The van der Waals surface area contributed by atoms with E-state index in [1.54, 1.807) is 6.08 Å². The molecule has 3 atom stereocenters. The van der Waals surface area contributed by atoms with Crippen molar-refractivity contribution >= 4 is 13.7 Å².